The van der Waals surface area contributed by atoms with Gasteiger partial charge in [0.1, 0.15) is 17.0 Å². The maximum absolute atomic E-state index is 12.8. The molecule has 0 unspecified atom stereocenters. The molecule has 0 bridgehead atoms. The third kappa shape index (κ3) is 6.34. The summed E-state index contributed by atoms with van der Waals surface area (Å²) in [7, 11) is 0. The summed E-state index contributed by atoms with van der Waals surface area (Å²) < 4.78 is 11.1. The van der Waals surface area contributed by atoms with Crippen molar-refractivity contribution in [3.8, 4) is 0 Å². The van der Waals surface area contributed by atoms with Crippen LogP contribution in [0, 0.1) is 0 Å². The molecule has 2 amide bonds. The van der Waals surface area contributed by atoms with Gasteiger partial charge in [-0.05, 0) is 79.4 Å². The maximum atomic E-state index is 12.8. The van der Waals surface area contributed by atoms with Crippen molar-refractivity contribution in [2.45, 2.75) is 97.9 Å². The number of nitrogens with zero attached hydrogens (tertiary/aromatic N) is 3. The molecule has 1 fully saturated rings. The van der Waals surface area contributed by atoms with E-state index >= 15 is 0 Å². The Morgan fingerprint density at radius 3 is 2.30 bits per heavy atom. The van der Waals surface area contributed by atoms with Crippen LogP contribution in [0.3, 0.4) is 0 Å². The van der Waals surface area contributed by atoms with Crippen LogP contribution in [0.1, 0.15) is 86.3 Å². The van der Waals surface area contributed by atoms with Crippen LogP contribution in [0.2, 0.25) is 0 Å². The number of likely N-dealkylation sites (tertiary alicyclic amines) is 1. The van der Waals surface area contributed by atoms with Crippen molar-refractivity contribution in [3.63, 3.8) is 0 Å². The number of carbonyl (C=O) groups is 2. The van der Waals surface area contributed by atoms with Gasteiger partial charge in [-0.1, -0.05) is 13.0 Å². The first-order chi connectivity index (χ1) is 13.8. The Balaban J connectivity index is 2.22. The number of amides is 2. The quantitative estimate of drug-likeness (QED) is 0.626. The summed E-state index contributed by atoms with van der Waals surface area (Å²) in [5, 5.41) is 0. The lowest BCUT2D eigenvalue weighted by molar-refractivity contribution is 0.0224. The van der Waals surface area contributed by atoms with E-state index in [2.05, 4.69) is 4.98 Å². The molecule has 2 atom stereocenters. The van der Waals surface area contributed by atoms with Crippen molar-refractivity contribution < 1.29 is 19.1 Å². The molecule has 0 radical (unpaired) electrons. The van der Waals surface area contributed by atoms with Gasteiger partial charge in [0, 0.05) is 18.8 Å². The van der Waals surface area contributed by atoms with E-state index in [1.54, 1.807) is 16.0 Å². The van der Waals surface area contributed by atoms with E-state index in [4.69, 9.17) is 9.47 Å². The number of pyridine rings is 1. The fraction of sp³-hybridized carbons (Fsp3) is 0.696. The number of carbonyl (C=O) groups excluding carboxylic acids is 2. The van der Waals surface area contributed by atoms with Crippen molar-refractivity contribution in [2.24, 2.45) is 0 Å². The zero-order valence-electron chi connectivity index (χ0n) is 19.7. The standard InChI is InChI=1S/C23H37N3O4/c1-9-16(2)26(21(28)30-23(6,7)8)19-13-12-17(15-24-19)18-11-10-14-25(18)20(27)29-22(3,4)5/h12-13,15-16,18H,9-11,14H2,1-8H3/t16-,18+/m1/s1. The first-order valence-corrected chi connectivity index (χ1v) is 10.8. The van der Waals surface area contributed by atoms with Crippen molar-refractivity contribution in [2.75, 3.05) is 11.4 Å². The average Bonchev–Trinajstić information content (AvgIpc) is 3.09. The van der Waals surface area contributed by atoms with E-state index < -0.39 is 17.3 Å². The Bertz CT molecular complexity index is 734. The van der Waals surface area contributed by atoms with Crippen LogP contribution in [0.25, 0.3) is 0 Å². The Hall–Kier alpha value is -2.31. The summed E-state index contributed by atoms with van der Waals surface area (Å²) in [5.41, 5.74) is -0.174. The maximum Gasteiger partial charge on any atom is 0.416 e. The molecule has 2 heterocycles. The number of hydrogen-bond acceptors (Lipinski definition) is 5. The van der Waals surface area contributed by atoms with Gasteiger partial charge >= 0.3 is 12.2 Å². The van der Waals surface area contributed by atoms with Crippen molar-refractivity contribution in [3.05, 3.63) is 23.9 Å². The summed E-state index contributed by atoms with van der Waals surface area (Å²) in [5.74, 6) is 0.546. The lowest BCUT2D eigenvalue weighted by Gasteiger charge is -2.31. The molecule has 0 aliphatic carbocycles. The Labute approximate surface area is 180 Å². The smallest absolute Gasteiger partial charge is 0.416 e. The van der Waals surface area contributed by atoms with Gasteiger partial charge in [0.15, 0.2) is 0 Å². The Morgan fingerprint density at radius 2 is 1.80 bits per heavy atom. The van der Waals surface area contributed by atoms with E-state index in [0.29, 0.717) is 12.4 Å². The highest BCUT2D eigenvalue weighted by Crippen LogP contribution is 2.33. The van der Waals surface area contributed by atoms with Crippen molar-refractivity contribution in [1.82, 2.24) is 9.88 Å². The summed E-state index contributed by atoms with van der Waals surface area (Å²) in [6, 6.07) is 3.65. The fourth-order valence-corrected chi connectivity index (χ4v) is 3.38. The zero-order chi connectivity index (χ0) is 22.7. The monoisotopic (exact) mass is 419 g/mol. The molecule has 0 spiro atoms. The average molecular weight is 420 g/mol. The number of ether oxygens (including phenoxy) is 2. The lowest BCUT2D eigenvalue weighted by Crippen LogP contribution is -2.42. The molecule has 1 aromatic heterocycles. The van der Waals surface area contributed by atoms with Gasteiger partial charge in [-0.3, -0.25) is 4.90 Å². The minimum atomic E-state index is -0.583. The molecule has 1 saturated heterocycles. The molecule has 1 aliphatic rings. The van der Waals surface area contributed by atoms with Crippen molar-refractivity contribution in [1.29, 1.82) is 0 Å². The van der Waals surface area contributed by atoms with Crippen LogP contribution in [0.5, 0.6) is 0 Å². The highest BCUT2D eigenvalue weighted by Gasteiger charge is 2.34. The van der Waals surface area contributed by atoms with E-state index in [0.717, 1.165) is 24.8 Å². The number of aromatic nitrogens is 1. The molecular formula is C23H37N3O4. The van der Waals surface area contributed by atoms with Gasteiger partial charge in [0.2, 0.25) is 0 Å². The van der Waals surface area contributed by atoms with E-state index in [9.17, 15) is 9.59 Å². The van der Waals surface area contributed by atoms with E-state index in [-0.39, 0.29) is 18.2 Å². The summed E-state index contributed by atoms with van der Waals surface area (Å²) in [6.45, 7) is 15.8. The normalized spacial score (nSPS) is 18.1. The Kier molecular flexibility index (Phi) is 7.37. The van der Waals surface area contributed by atoms with Gasteiger partial charge in [0.05, 0.1) is 6.04 Å². The number of hydrogen-bond donors (Lipinski definition) is 0. The fourth-order valence-electron chi connectivity index (χ4n) is 3.38. The highest BCUT2D eigenvalue weighted by molar-refractivity contribution is 5.87. The number of anilines is 1. The van der Waals surface area contributed by atoms with Crippen molar-refractivity contribution >= 4 is 18.0 Å². The Morgan fingerprint density at radius 1 is 1.17 bits per heavy atom. The third-order valence-corrected chi connectivity index (χ3v) is 4.90. The van der Waals surface area contributed by atoms with Crippen LogP contribution in [-0.2, 0) is 9.47 Å². The minimum absolute atomic E-state index is 0.0528. The van der Waals surface area contributed by atoms with Gasteiger partial charge in [0.25, 0.3) is 0 Å². The van der Waals surface area contributed by atoms with E-state index in [1.807, 2.05) is 67.5 Å². The predicted molar refractivity (Wildman–Crippen MR) is 118 cm³/mol. The zero-order valence-corrected chi connectivity index (χ0v) is 19.7. The molecule has 1 aliphatic heterocycles. The molecule has 1 aromatic rings. The second-order valence-electron chi connectivity index (χ2n) is 9.89. The largest absolute Gasteiger partial charge is 0.444 e. The van der Waals surface area contributed by atoms with Gasteiger partial charge < -0.3 is 14.4 Å². The second kappa shape index (κ2) is 9.23. The molecule has 2 rings (SSSR count). The summed E-state index contributed by atoms with van der Waals surface area (Å²) in [4.78, 5) is 33.3. The molecule has 7 nitrogen and oxygen atoms in total. The molecule has 7 heteroatoms. The molecule has 0 N–H and O–H groups in total. The molecule has 0 aromatic carbocycles. The second-order valence-corrected chi connectivity index (χ2v) is 9.89. The summed E-state index contributed by atoms with van der Waals surface area (Å²) >= 11 is 0. The van der Waals surface area contributed by atoms with Gasteiger partial charge in [-0.2, -0.15) is 0 Å². The van der Waals surface area contributed by atoms with Crippen LogP contribution in [-0.4, -0.2) is 45.9 Å². The third-order valence-electron chi connectivity index (χ3n) is 4.90. The highest BCUT2D eigenvalue weighted by atomic mass is 16.6. The first-order valence-electron chi connectivity index (χ1n) is 10.8. The molecule has 30 heavy (non-hydrogen) atoms. The van der Waals surface area contributed by atoms with Crippen LogP contribution >= 0.6 is 0 Å². The van der Waals surface area contributed by atoms with Crippen LogP contribution < -0.4 is 4.90 Å². The topological polar surface area (TPSA) is 72.0 Å². The summed E-state index contributed by atoms with van der Waals surface area (Å²) in [6.07, 6.45) is 3.60. The molecule has 0 saturated carbocycles. The molecule has 168 valence electrons. The SMILES string of the molecule is CC[C@@H](C)N(C(=O)OC(C)(C)C)c1ccc([C@@H]2CCCN2C(=O)OC(C)(C)C)cn1. The predicted octanol–water partition coefficient (Wildman–Crippen LogP) is 5.69. The van der Waals surface area contributed by atoms with Crippen LogP contribution in [0.4, 0.5) is 15.4 Å². The lowest BCUT2D eigenvalue weighted by atomic mass is 10.1. The van der Waals surface area contributed by atoms with E-state index in [1.165, 1.54) is 0 Å². The van der Waals surface area contributed by atoms with Gasteiger partial charge in [-0.25, -0.2) is 14.6 Å². The number of rotatable bonds is 4. The first kappa shape index (κ1) is 24.0. The van der Waals surface area contributed by atoms with Gasteiger partial charge in [-0.15, -0.1) is 0 Å². The molecular weight excluding hydrogens is 382 g/mol. The van der Waals surface area contributed by atoms with Crippen LogP contribution in [0.15, 0.2) is 18.3 Å². The minimum Gasteiger partial charge on any atom is -0.444 e.